The Kier molecular flexibility index (Phi) is 8.82. The molecule has 8 heteroatoms. The van der Waals surface area contributed by atoms with E-state index >= 15 is 0 Å². The van der Waals surface area contributed by atoms with Crippen molar-refractivity contribution in [2.75, 3.05) is 13.1 Å². The number of ether oxygens (including phenoxy) is 2. The van der Waals surface area contributed by atoms with Crippen LogP contribution in [0.2, 0.25) is 0 Å². The summed E-state index contributed by atoms with van der Waals surface area (Å²) in [5, 5.41) is 0. The van der Waals surface area contributed by atoms with Gasteiger partial charge in [-0.05, 0) is 161 Å². The monoisotopic (exact) mass is 738 g/mol. The molecule has 0 aromatic heterocycles. The first-order valence-electron chi connectivity index (χ1n) is 20.5. The molecule has 4 atom stereocenters. The van der Waals surface area contributed by atoms with Gasteiger partial charge >= 0.3 is 12.2 Å². The molecule has 55 heavy (non-hydrogen) atoms. The van der Waals surface area contributed by atoms with E-state index in [4.69, 9.17) is 19.5 Å². The van der Waals surface area contributed by atoms with Crippen LogP contribution in [0.3, 0.4) is 0 Å². The smallest absolute Gasteiger partial charge is 0.410 e. The van der Waals surface area contributed by atoms with E-state index in [2.05, 4.69) is 60.8 Å². The van der Waals surface area contributed by atoms with E-state index in [9.17, 15) is 9.59 Å². The van der Waals surface area contributed by atoms with Crippen molar-refractivity contribution >= 4 is 34.9 Å². The van der Waals surface area contributed by atoms with Crippen molar-refractivity contribution in [2.45, 2.75) is 134 Å². The van der Waals surface area contributed by atoms with E-state index in [0.717, 1.165) is 62.2 Å². The highest BCUT2D eigenvalue weighted by Crippen LogP contribution is 2.58. The van der Waals surface area contributed by atoms with Gasteiger partial charge in [-0.15, -0.1) is 0 Å². The number of aliphatic imine (C=N–C) groups is 2. The van der Waals surface area contributed by atoms with Crippen molar-refractivity contribution in [3.05, 3.63) is 83.1 Å². The van der Waals surface area contributed by atoms with Crippen molar-refractivity contribution < 1.29 is 19.1 Å². The number of carbonyl (C=O) groups excluding carboxylic acids is 2. The lowest BCUT2D eigenvalue weighted by molar-refractivity contribution is 0.0254. The van der Waals surface area contributed by atoms with Gasteiger partial charge < -0.3 is 9.47 Å². The van der Waals surface area contributed by atoms with Crippen LogP contribution in [0.25, 0.3) is 27.8 Å². The predicted molar refractivity (Wildman–Crippen MR) is 219 cm³/mol. The van der Waals surface area contributed by atoms with Crippen molar-refractivity contribution in [1.82, 2.24) is 9.80 Å². The Hall–Kier alpha value is -4.72. The number of likely N-dealkylation sites (tertiary alicyclic amines) is 2. The third-order valence-electron chi connectivity index (χ3n) is 12.4. The number of allylic oxidation sites excluding steroid dienone is 1. The van der Waals surface area contributed by atoms with Gasteiger partial charge in [-0.1, -0.05) is 42.5 Å². The average molecular weight is 739 g/mol. The molecule has 0 spiro atoms. The second-order valence-corrected chi connectivity index (χ2v) is 18.5. The SMILES string of the molecule is CC(C)(C)OC(=O)N1CCC[C@H]1C1=NC=C(c2ccc(-c3ccc(-c4ccc5c(c4)CC([C@@H]4CCCN4C(=O)OC(C)(C)C)=N5)cc3)c3c2C2CCC3C2)C1. The van der Waals surface area contributed by atoms with E-state index in [1.54, 1.807) is 5.56 Å². The van der Waals surface area contributed by atoms with E-state index in [0.29, 0.717) is 18.4 Å². The van der Waals surface area contributed by atoms with Gasteiger partial charge in [-0.2, -0.15) is 0 Å². The molecular weight excluding hydrogens is 685 g/mol. The Morgan fingerprint density at radius 1 is 0.655 bits per heavy atom. The number of carbonyl (C=O) groups is 2. The largest absolute Gasteiger partial charge is 0.444 e. The quantitative estimate of drug-likeness (QED) is 0.261. The third kappa shape index (κ3) is 6.80. The standard InChI is InChI=1S/C47H54N4O4/c1-46(2,3)54-44(52)50-21-7-9-40(50)38-26-34(27-48-38)36-19-18-35(42-31-15-16-32(24-31)43(36)42)29-13-11-28(12-14-29)30-17-20-37-33(23-30)25-39(49-37)41-10-8-22-51(41)45(53)55-47(4,5)6/h11-14,17-20,23,27,31-32,40-41H,7-10,15-16,21-22,24-26H2,1-6H3/t31?,32?,40-,41-/m0/s1. The molecule has 2 aliphatic carbocycles. The van der Waals surface area contributed by atoms with Crippen LogP contribution in [0.5, 0.6) is 0 Å². The number of nitrogens with zero attached hydrogens (tertiary/aromatic N) is 4. The summed E-state index contributed by atoms with van der Waals surface area (Å²) < 4.78 is 11.5. The number of hydrogen-bond donors (Lipinski definition) is 0. The van der Waals surface area contributed by atoms with Gasteiger partial charge in [-0.25, -0.2) is 9.59 Å². The molecule has 2 bridgehead atoms. The molecule has 6 aliphatic rings. The number of rotatable bonds is 5. The molecule has 3 aromatic carbocycles. The van der Waals surface area contributed by atoms with E-state index in [-0.39, 0.29) is 24.3 Å². The van der Waals surface area contributed by atoms with Gasteiger partial charge in [-0.3, -0.25) is 19.8 Å². The van der Waals surface area contributed by atoms with Gasteiger partial charge in [0, 0.05) is 43.6 Å². The normalized spacial score (nSPS) is 24.1. The zero-order valence-electron chi connectivity index (χ0n) is 33.3. The summed E-state index contributed by atoms with van der Waals surface area (Å²) in [6.07, 6.45) is 10.7. The van der Waals surface area contributed by atoms with Crippen LogP contribution in [-0.4, -0.2) is 69.8 Å². The van der Waals surface area contributed by atoms with Crippen molar-refractivity contribution in [2.24, 2.45) is 9.98 Å². The maximum Gasteiger partial charge on any atom is 0.410 e. The molecule has 3 aromatic rings. The first kappa shape index (κ1) is 35.9. The van der Waals surface area contributed by atoms with E-state index < -0.39 is 11.2 Å². The molecular formula is C47H54N4O4. The third-order valence-corrected chi connectivity index (χ3v) is 12.4. The van der Waals surface area contributed by atoms with E-state index in [1.165, 1.54) is 63.8 Å². The molecule has 9 rings (SSSR count). The maximum absolute atomic E-state index is 13.1. The lowest BCUT2D eigenvalue weighted by Crippen LogP contribution is -2.43. The highest BCUT2D eigenvalue weighted by molar-refractivity contribution is 6.04. The molecule has 2 unspecified atom stereocenters. The van der Waals surface area contributed by atoms with Crippen molar-refractivity contribution in [1.29, 1.82) is 0 Å². The van der Waals surface area contributed by atoms with Crippen LogP contribution in [0.15, 0.2) is 70.8 Å². The number of benzene rings is 3. The maximum atomic E-state index is 13.1. The Morgan fingerprint density at radius 2 is 1.22 bits per heavy atom. The fourth-order valence-electron chi connectivity index (χ4n) is 10.1. The van der Waals surface area contributed by atoms with Crippen molar-refractivity contribution in [3.8, 4) is 22.3 Å². The minimum absolute atomic E-state index is 0.00489. The van der Waals surface area contributed by atoms with Gasteiger partial charge in [0.25, 0.3) is 0 Å². The second-order valence-electron chi connectivity index (χ2n) is 18.5. The lowest BCUT2D eigenvalue weighted by atomic mass is 9.80. The van der Waals surface area contributed by atoms with Gasteiger partial charge in [0.05, 0.1) is 17.8 Å². The molecule has 1 saturated carbocycles. The lowest BCUT2D eigenvalue weighted by Gasteiger charge is -2.29. The Balaban J connectivity index is 0.912. The molecule has 2 saturated heterocycles. The Bertz CT molecular complexity index is 2150. The second kappa shape index (κ2) is 13.5. The minimum atomic E-state index is -0.518. The van der Waals surface area contributed by atoms with Gasteiger partial charge in [0.15, 0.2) is 0 Å². The van der Waals surface area contributed by atoms with E-state index in [1.807, 2.05) is 51.3 Å². The fraction of sp³-hybridized carbons (Fsp3) is 0.489. The van der Waals surface area contributed by atoms with Gasteiger partial charge in [0.2, 0.25) is 0 Å². The summed E-state index contributed by atoms with van der Waals surface area (Å²) in [7, 11) is 0. The topological polar surface area (TPSA) is 83.8 Å². The number of hydrogen-bond acceptors (Lipinski definition) is 6. The first-order valence-corrected chi connectivity index (χ1v) is 20.5. The number of fused-ring (bicyclic) bond motifs is 6. The zero-order valence-corrected chi connectivity index (χ0v) is 33.3. The van der Waals surface area contributed by atoms with Crippen molar-refractivity contribution in [3.63, 3.8) is 0 Å². The molecule has 3 fully saturated rings. The molecule has 2 amide bonds. The summed E-state index contributed by atoms with van der Waals surface area (Å²) in [4.78, 5) is 39.8. The molecule has 286 valence electrons. The molecule has 4 aliphatic heterocycles. The minimum Gasteiger partial charge on any atom is -0.444 e. The zero-order chi connectivity index (χ0) is 38.2. The summed E-state index contributed by atoms with van der Waals surface area (Å²) >= 11 is 0. The summed E-state index contributed by atoms with van der Waals surface area (Å²) in [6, 6.07) is 20.4. The Morgan fingerprint density at radius 3 is 1.85 bits per heavy atom. The van der Waals surface area contributed by atoms with Gasteiger partial charge in [0.1, 0.15) is 11.2 Å². The first-order chi connectivity index (χ1) is 26.3. The van der Waals surface area contributed by atoms with Crippen LogP contribution in [-0.2, 0) is 15.9 Å². The van der Waals surface area contributed by atoms with Crippen LogP contribution in [0.4, 0.5) is 15.3 Å². The summed E-state index contributed by atoms with van der Waals surface area (Å²) in [6.45, 7) is 13.0. The highest BCUT2D eigenvalue weighted by Gasteiger charge is 2.42. The molecule has 4 heterocycles. The number of amides is 2. The van der Waals surface area contributed by atoms with Crippen LogP contribution < -0.4 is 0 Å². The molecule has 0 N–H and O–H groups in total. The highest BCUT2D eigenvalue weighted by atomic mass is 16.6. The molecule has 8 nitrogen and oxygen atoms in total. The van der Waals surface area contributed by atoms with Crippen LogP contribution in [0.1, 0.15) is 127 Å². The fourth-order valence-corrected chi connectivity index (χ4v) is 10.1. The predicted octanol–water partition coefficient (Wildman–Crippen LogP) is 11.0. The van der Waals surface area contributed by atoms with Crippen LogP contribution in [0, 0.1) is 0 Å². The molecule has 0 radical (unpaired) electrons. The summed E-state index contributed by atoms with van der Waals surface area (Å²) in [5.74, 6) is 1.20. The van der Waals surface area contributed by atoms with Crippen LogP contribution >= 0.6 is 0 Å². The average Bonchev–Trinajstić information content (AvgIpc) is 3.98. The summed E-state index contributed by atoms with van der Waals surface area (Å²) in [5.41, 5.74) is 14.1. The Labute approximate surface area is 325 Å².